The molecule has 3 atom stereocenters. The monoisotopic (exact) mass is 383 g/mol. The molecule has 3 rings (SSSR count). The summed E-state index contributed by atoms with van der Waals surface area (Å²) in [6.45, 7) is 10.9. The van der Waals surface area contributed by atoms with Gasteiger partial charge in [0.2, 0.25) is 0 Å². The molecule has 1 aromatic heterocycles. The summed E-state index contributed by atoms with van der Waals surface area (Å²) in [6.07, 6.45) is 1.50. The Bertz CT molecular complexity index is 886. The number of hydrogen-bond acceptors (Lipinski definition) is 5. The van der Waals surface area contributed by atoms with Crippen molar-refractivity contribution in [2.75, 3.05) is 13.1 Å². The second-order valence-electron chi connectivity index (χ2n) is 7.39. The Morgan fingerprint density at radius 2 is 2.29 bits per heavy atom. The number of aliphatic hydroxyl groups is 1. The number of nitrogens with zero attached hydrogens (tertiary/aromatic N) is 4. The van der Waals surface area contributed by atoms with E-state index in [2.05, 4.69) is 31.9 Å². The Hall–Kier alpha value is -2.58. The number of likely N-dealkylation sites (tertiary alicyclic amines) is 1. The van der Waals surface area contributed by atoms with Crippen LogP contribution in [0.15, 0.2) is 28.2 Å². The normalized spacial score (nSPS) is 20.2. The van der Waals surface area contributed by atoms with Gasteiger partial charge in [-0.3, -0.25) is 15.7 Å². The number of piperidine rings is 1. The fourth-order valence-corrected chi connectivity index (χ4v) is 3.63. The summed E-state index contributed by atoms with van der Waals surface area (Å²) in [5.41, 5.74) is 2.90. The highest BCUT2D eigenvalue weighted by molar-refractivity contribution is 5.92. The third kappa shape index (κ3) is 4.63. The molecule has 2 heterocycles. The third-order valence-electron chi connectivity index (χ3n) is 5.02. The molecule has 0 amide bonds. The predicted molar refractivity (Wildman–Crippen MR) is 113 cm³/mol. The maximum atomic E-state index is 9.60. The van der Waals surface area contributed by atoms with E-state index in [-0.39, 0.29) is 11.9 Å². The zero-order valence-corrected chi connectivity index (χ0v) is 16.7. The molecular weight excluding hydrogens is 354 g/mol. The van der Waals surface area contributed by atoms with E-state index in [1.54, 1.807) is 6.92 Å². The number of benzene rings is 1. The van der Waals surface area contributed by atoms with Gasteiger partial charge in [0.05, 0.1) is 16.9 Å². The smallest absolute Gasteiger partial charge is 0.168 e. The van der Waals surface area contributed by atoms with Gasteiger partial charge < -0.3 is 15.0 Å². The number of imidazole rings is 1. The number of aliphatic hydroxyl groups excluding tert-OH is 1. The summed E-state index contributed by atoms with van der Waals surface area (Å²) < 4.78 is 0. The molecule has 1 fully saturated rings. The molecular formula is C20H29N7O. The first-order chi connectivity index (χ1) is 13.4. The van der Waals surface area contributed by atoms with Crippen molar-refractivity contribution in [3.05, 3.63) is 29.6 Å². The number of amidine groups is 2. The lowest BCUT2D eigenvalue weighted by atomic mass is 10.1. The standard InChI is InChI=1S/C20H29N7O/c1-12-7-8-16-17(10-12)26-20(25-16)18(19(21)22-4)23-13(2)27-9-5-6-15(11-27)24-14(3)28/h7-8,10,14-15,18,21,24,28H,4-6,9,11H2,1-3H3,(H,25,26). The summed E-state index contributed by atoms with van der Waals surface area (Å²) in [6, 6.07) is 5.58. The minimum Gasteiger partial charge on any atom is -0.379 e. The van der Waals surface area contributed by atoms with Crippen LogP contribution < -0.4 is 5.32 Å². The van der Waals surface area contributed by atoms with Crippen LogP contribution in [0.4, 0.5) is 0 Å². The summed E-state index contributed by atoms with van der Waals surface area (Å²) in [7, 11) is 0. The van der Waals surface area contributed by atoms with Gasteiger partial charge in [-0.2, -0.15) is 0 Å². The van der Waals surface area contributed by atoms with Crippen LogP contribution in [0.5, 0.6) is 0 Å². The molecule has 1 aliphatic rings. The molecule has 28 heavy (non-hydrogen) atoms. The third-order valence-corrected chi connectivity index (χ3v) is 5.02. The molecule has 1 aliphatic heterocycles. The lowest BCUT2D eigenvalue weighted by molar-refractivity contribution is 0.122. The topological polar surface area (TPSA) is 113 Å². The molecule has 3 unspecified atom stereocenters. The Morgan fingerprint density at radius 1 is 1.50 bits per heavy atom. The van der Waals surface area contributed by atoms with Gasteiger partial charge in [-0.25, -0.2) is 9.98 Å². The second kappa shape index (κ2) is 8.62. The van der Waals surface area contributed by atoms with Gasteiger partial charge in [-0.1, -0.05) is 6.07 Å². The highest BCUT2D eigenvalue weighted by Crippen LogP contribution is 2.22. The SMILES string of the molecule is C=NC(=N)C(N=C(C)N1CCCC(NC(C)O)C1)c1nc2ccc(C)cc2[nH]1. The minimum atomic E-state index is -0.629. The van der Waals surface area contributed by atoms with E-state index in [0.29, 0.717) is 5.82 Å². The largest absolute Gasteiger partial charge is 0.379 e. The van der Waals surface area contributed by atoms with Crippen LogP contribution in [0.3, 0.4) is 0 Å². The summed E-state index contributed by atoms with van der Waals surface area (Å²) in [5, 5.41) is 21.0. The fourth-order valence-electron chi connectivity index (χ4n) is 3.63. The van der Waals surface area contributed by atoms with E-state index in [1.807, 2.05) is 32.0 Å². The van der Waals surface area contributed by atoms with Gasteiger partial charge in [0.15, 0.2) is 11.9 Å². The number of hydrogen-bond donors (Lipinski definition) is 4. The van der Waals surface area contributed by atoms with Crippen LogP contribution in [-0.4, -0.2) is 63.7 Å². The van der Waals surface area contributed by atoms with Crippen LogP contribution in [0.25, 0.3) is 11.0 Å². The quantitative estimate of drug-likeness (QED) is 0.361. The number of H-pyrrole nitrogens is 1. The molecule has 0 bridgehead atoms. The van der Waals surface area contributed by atoms with Gasteiger partial charge in [0.1, 0.15) is 12.1 Å². The lowest BCUT2D eigenvalue weighted by Gasteiger charge is -2.35. The number of fused-ring (bicyclic) bond motifs is 1. The number of aromatic nitrogens is 2. The molecule has 1 aromatic carbocycles. The van der Waals surface area contributed by atoms with Crippen molar-refractivity contribution in [3.63, 3.8) is 0 Å². The molecule has 150 valence electrons. The minimum absolute atomic E-state index is 0.0609. The molecule has 0 spiro atoms. The summed E-state index contributed by atoms with van der Waals surface area (Å²) >= 11 is 0. The number of aliphatic imine (C=N–C) groups is 2. The van der Waals surface area contributed by atoms with Gasteiger partial charge in [-0.15, -0.1) is 0 Å². The van der Waals surface area contributed by atoms with Crippen molar-refractivity contribution in [1.82, 2.24) is 20.2 Å². The zero-order valence-electron chi connectivity index (χ0n) is 16.7. The van der Waals surface area contributed by atoms with Gasteiger partial charge in [-0.05, 0) is 58.0 Å². The molecule has 8 nitrogen and oxygen atoms in total. The van der Waals surface area contributed by atoms with E-state index in [0.717, 1.165) is 48.4 Å². The Balaban J connectivity index is 1.86. The van der Waals surface area contributed by atoms with Gasteiger partial charge in [0, 0.05) is 19.1 Å². The summed E-state index contributed by atoms with van der Waals surface area (Å²) in [4.78, 5) is 18.7. The first kappa shape index (κ1) is 20.2. The zero-order chi connectivity index (χ0) is 20.3. The number of aryl methyl sites for hydroxylation is 1. The lowest BCUT2D eigenvalue weighted by Crippen LogP contribution is -2.49. The molecule has 1 saturated heterocycles. The molecule has 2 aromatic rings. The van der Waals surface area contributed by atoms with Crippen molar-refractivity contribution in [1.29, 1.82) is 5.41 Å². The maximum absolute atomic E-state index is 9.60. The van der Waals surface area contributed by atoms with Crippen LogP contribution in [-0.2, 0) is 0 Å². The van der Waals surface area contributed by atoms with Crippen LogP contribution >= 0.6 is 0 Å². The average molecular weight is 384 g/mol. The van der Waals surface area contributed by atoms with Crippen molar-refractivity contribution in [2.24, 2.45) is 9.98 Å². The van der Waals surface area contributed by atoms with E-state index in [9.17, 15) is 5.11 Å². The molecule has 0 aliphatic carbocycles. The van der Waals surface area contributed by atoms with Gasteiger partial charge in [0.25, 0.3) is 0 Å². The number of nitrogens with one attached hydrogen (secondary N) is 3. The Kier molecular flexibility index (Phi) is 6.21. The second-order valence-corrected chi connectivity index (χ2v) is 7.39. The van der Waals surface area contributed by atoms with Crippen molar-refractivity contribution in [2.45, 2.75) is 51.9 Å². The molecule has 0 radical (unpaired) electrons. The Morgan fingerprint density at radius 3 is 3.00 bits per heavy atom. The van der Waals surface area contributed by atoms with Crippen molar-refractivity contribution in [3.8, 4) is 0 Å². The average Bonchev–Trinajstić information content (AvgIpc) is 3.07. The van der Waals surface area contributed by atoms with E-state index < -0.39 is 12.3 Å². The van der Waals surface area contributed by atoms with E-state index in [4.69, 9.17) is 10.4 Å². The Labute approximate surface area is 165 Å². The fraction of sp³-hybridized carbons (Fsp3) is 0.500. The van der Waals surface area contributed by atoms with Crippen LogP contribution in [0.2, 0.25) is 0 Å². The van der Waals surface area contributed by atoms with Crippen molar-refractivity contribution < 1.29 is 5.11 Å². The molecule has 8 heteroatoms. The van der Waals surface area contributed by atoms with Crippen LogP contribution in [0, 0.1) is 12.3 Å². The summed E-state index contributed by atoms with van der Waals surface area (Å²) in [5.74, 6) is 1.48. The van der Waals surface area contributed by atoms with Crippen molar-refractivity contribution >= 4 is 29.4 Å². The molecule has 4 N–H and O–H groups in total. The van der Waals surface area contributed by atoms with E-state index in [1.165, 1.54) is 0 Å². The maximum Gasteiger partial charge on any atom is 0.168 e. The number of aromatic amines is 1. The molecule has 0 saturated carbocycles. The first-order valence-corrected chi connectivity index (χ1v) is 9.62. The predicted octanol–water partition coefficient (Wildman–Crippen LogP) is 2.40. The van der Waals surface area contributed by atoms with Crippen LogP contribution in [0.1, 0.15) is 44.1 Å². The highest BCUT2D eigenvalue weighted by atomic mass is 16.3. The first-order valence-electron chi connectivity index (χ1n) is 9.62. The number of rotatable bonds is 5. The van der Waals surface area contributed by atoms with E-state index >= 15 is 0 Å². The van der Waals surface area contributed by atoms with Gasteiger partial charge >= 0.3 is 0 Å². The highest BCUT2D eigenvalue weighted by Gasteiger charge is 2.24.